The maximum atomic E-state index is 12.9. The quantitative estimate of drug-likeness (QED) is 0.0261. The minimum atomic E-state index is -0.768. The van der Waals surface area contributed by atoms with Crippen LogP contribution in [-0.2, 0) is 28.6 Å². The van der Waals surface area contributed by atoms with Crippen LogP contribution >= 0.6 is 0 Å². The molecule has 0 bridgehead atoms. The van der Waals surface area contributed by atoms with Gasteiger partial charge in [0.1, 0.15) is 13.2 Å². The Kier molecular flexibility index (Phi) is 57.1. The average Bonchev–Trinajstić information content (AvgIpc) is 3.35. The van der Waals surface area contributed by atoms with Crippen molar-refractivity contribution in [3.8, 4) is 0 Å². The minimum absolute atomic E-state index is 0.0663. The molecule has 0 rings (SSSR count). The van der Waals surface area contributed by atoms with Gasteiger partial charge >= 0.3 is 17.9 Å². The maximum absolute atomic E-state index is 12.9. The Morgan fingerprint density at radius 3 is 0.754 bits per heavy atom. The highest BCUT2D eigenvalue weighted by Crippen LogP contribution is 2.18. The lowest BCUT2D eigenvalue weighted by atomic mass is 10.0. The van der Waals surface area contributed by atoms with E-state index in [1.807, 2.05) is 0 Å². The molecule has 0 aromatic carbocycles. The van der Waals surface area contributed by atoms with E-state index in [0.717, 1.165) is 64.2 Å². The largest absolute Gasteiger partial charge is 0.462 e. The van der Waals surface area contributed by atoms with E-state index in [-0.39, 0.29) is 31.1 Å². The fourth-order valence-electron chi connectivity index (χ4n) is 9.56. The fourth-order valence-corrected chi connectivity index (χ4v) is 9.56. The summed E-state index contributed by atoms with van der Waals surface area (Å²) in [5, 5.41) is 0. The van der Waals surface area contributed by atoms with Gasteiger partial charge in [0, 0.05) is 19.3 Å². The van der Waals surface area contributed by atoms with Crippen LogP contribution in [-0.4, -0.2) is 37.2 Å². The highest BCUT2D eigenvalue weighted by atomic mass is 16.6. The zero-order chi connectivity index (χ0) is 50.0. The van der Waals surface area contributed by atoms with Crippen LogP contribution in [0.4, 0.5) is 0 Å². The number of carbonyl (C=O) groups is 3. The lowest BCUT2D eigenvalue weighted by Gasteiger charge is -2.18. The van der Waals surface area contributed by atoms with E-state index in [4.69, 9.17) is 14.2 Å². The van der Waals surface area contributed by atoms with Gasteiger partial charge in [0.15, 0.2) is 6.10 Å². The Bertz CT molecular complexity index is 1070. The Morgan fingerprint density at radius 1 is 0.275 bits per heavy atom. The van der Waals surface area contributed by atoms with Gasteiger partial charge in [0.25, 0.3) is 0 Å². The predicted octanol–water partition coefficient (Wildman–Crippen LogP) is 20.9. The molecule has 0 aromatic rings. The summed E-state index contributed by atoms with van der Waals surface area (Å²) in [4.78, 5) is 38.2. The first-order valence-corrected chi connectivity index (χ1v) is 31.2. The van der Waals surface area contributed by atoms with Gasteiger partial charge in [-0.1, -0.05) is 303 Å². The van der Waals surface area contributed by atoms with Crippen LogP contribution in [0.15, 0.2) is 12.2 Å². The van der Waals surface area contributed by atoms with Crippen molar-refractivity contribution in [1.82, 2.24) is 0 Å². The molecule has 0 amide bonds. The molecule has 0 spiro atoms. The molecule has 1 unspecified atom stereocenters. The molecule has 0 saturated carbocycles. The van der Waals surface area contributed by atoms with E-state index in [0.29, 0.717) is 19.3 Å². The molecule has 0 radical (unpaired) electrons. The normalized spacial score (nSPS) is 12.0. The van der Waals surface area contributed by atoms with Crippen LogP contribution in [0.5, 0.6) is 0 Å². The number of allylic oxidation sites excluding steroid dienone is 2. The minimum Gasteiger partial charge on any atom is -0.462 e. The van der Waals surface area contributed by atoms with Crippen LogP contribution in [0.3, 0.4) is 0 Å². The smallest absolute Gasteiger partial charge is 0.306 e. The molecule has 0 aromatic heterocycles. The summed E-state index contributed by atoms with van der Waals surface area (Å²) in [6.07, 6.45) is 67.9. The maximum Gasteiger partial charge on any atom is 0.306 e. The molecule has 0 N–H and O–H groups in total. The van der Waals surface area contributed by atoms with E-state index in [2.05, 4.69) is 32.9 Å². The van der Waals surface area contributed by atoms with Crippen LogP contribution in [0, 0.1) is 0 Å². The molecule has 0 heterocycles. The molecule has 408 valence electrons. The fraction of sp³-hybridized carbons (Fsp3) is 0.921. The zero-order valence-corrected chi connectivity index (χ0v) is 46.9. The number of esters is 3. The third-order valence-corrected chi connectivity index (χ3v) is 14.3. The number of carbonyl (C=O) groups excluding carboxylic acids is 3. The zero-order valence-electron chi connectivity index (χ0n) is 46.9. The summed E-state index contributed by atoms with van der Waals surface area (Å²) >= 11 is 0. The predicted molar refractivity (Wildman–Crippen MR) is 298 cm³/mol. The third-order valence-electron chi connectivity index (χ3n) is 14.3. The van der Waals surface area contributed by atoms with Gasteiger partial charge in [-0.2, -0.15) is 0 Å². The lowest BCUT2D eigenvalue weighted by Crippen LogP contribution is -2.30. The molecular formula is C63H120O6. The van der Waals surface area contributed by atoms with Gasteiger partial charge in [-0.3, -0.25) is 14.4 Å². The Morgan fingerprint density at radius 2 is 0.478 bits per heavy atom. The van der Waals surface area contributed by atoms with E-state index in [9.17, 15) is 14.4 Å². The van der Waals surface area contributed by atoms with Gasteiger partial charge in [-0.25, -0.2) is 0 Å². The molecule has 0 fully saturated rings. The number of unbranched alkanes of at least 4 members (excludes halogenated alkanes) is 45. The highest BCUT2D eigenvalue weighted by Gasteiger charge is 2.19. The molecular weight excluding hydrogens is 853 g/mol. The molecule has 6 nitrogen and oxygen atoms in total. The summed E-state index contributed by atoms with van der Waals surface area (Å²) in [6.45, 7) is 6.68. The van der Waals surface area contributed by atoms with Crippen molar-refractivity contribution >= 4 is 17.9 Å². The summed E-state index contributed by atoms with van der Waals surface area (Å²) in [6, 6.07) is 0. The van der Waals surface area contributed by atoms with Crippen molar-refractivity contribution in [2.24, 2.45) is 0 Å². The Balaban J connectivity index is 4.19. The third kappa shape index (κ3) is 56.9. The van der Waals surface area contributed by atoms with Crippen LogP contribution in [0.25, 0.3) is 0 Å². The van der Waals surface area contributed by atoms with Crippen LogP contribution in [0.2, 0.25) is 0 Å². The van der Waals surface area contributed by atoms with Crippen molar-refractivity contribution in [2.75, 3.05) is 13.2 Å². The van der Waals surface area contributed by atoms with E-state index < -0.39 is 6.10 Å². The second kappa shape index (κ2) is 58.7. The van der Waals surface area contributed by atoms with Gasteiger partial charge in [0.2, 0.25) is 0 Å². The number of rotatable bonds is 58. The van der Waals surface area contributed by atoms with Crippen LogP contribution in [0.1, 0.15) is 355 Å². The molecule has 0 saturated heterocycles. The number of hydrogen-bond donors (Lipinski definition) is 0. The topological polar surface area (TPSA) is 78.9 Å². The van der Waals surface area contributed by atoms with Crippen molar-refractivity contribution in [2.45, 2.75) is 361 Å². The summed E-state index contributed by atoms with van der Waals surface area (Å²) < 4.78 is 16.9. The second-order valence-electron chi connectivity index (χ2n) is 21.3. The number of hydrogen-bond acceptors (Lipinski definition) is 6. The Hall–Kier alpha value is -1.85. The first-order chi connectivity index (χ1) is 34.0. The summed E-state index contributed by atoms with van der Waals surface area (Å²) in [5.74, 6) is -0.849. The first kappa shape index (κ1) is 67.1. The van der Waals surface area contributed by atoms with E-state index in [1.54, 1.807) is 0 Å². The van der Waals surface area contributed by atoms with Crippen molar-refractivity contribution in [1.29, 1.82) is 0 Å². The summed E-state index contributed by atoms with van der Waals surface area (Å²) in [5.41, 5.74) is 0. The first-order valence-electron chi connectivity index (χ1n) is 31.2. The van der Waals surface area contributed by atoms with E-state index in [1.165, 1.54) is 250 Å². The number of ether oxygens (including phenoxy) is 3. The van der Waals surface area contributed by atoms with Gasteiger partial charge in [-0.05, 0) is 44.9 Å². The monoisotopic (exact) mass is 973 g/mol. The molecule has 0 aliphatic rings. The highest BCUT2D eigenvalue weighted by molar-refractivity contribution is 5.71. The molecule has 1 atom stereocenters. The van der Waals surface area contributed by atoms with Crippen LogP contribution < -0.4 is 0 Å². The van der Waals surface area contributed by atoms with Crippen molar-refractivity contribution in [3.63, 3.8) is 0 Å². The van der Waals surface area contributed by atoms with Gasteiger partial charge < -0.3 is 14.2 Å². The van der Waals surface area contributed by atoms with Crippen molar-refractivity contribution in [3.05, 3.63) is 12.2 Å². The Labute approximate surface area is 431 Å². The van der Waals surface area contributed by atoms with Gasteiger partial charge in [-0.15, -0.1) is 0 Å². The second-order valence-corrected chi connectivity index (χ2v) is 21.3. The lowest BCUT2D eigenvalue weighted by molar-refractivity contribution is -0.167. The SMILES string of the molecule is CCCCC/C=C\CCCCCCCC(=O)OCC(COC(=O)CCCCCCCCCCCCCCCCCCCCCCCCCC)OC(=O)CCCCCCCCCCCCCCCCC. The molecule has 0 aliphatic heterocycles. The van der Waals surface area contributed by atoms with Crippen molar-refractivity contribution < 1.29 is 28.6 Å². The average molecular weight is 974 g/mol. The van der Waals surface area contributed by atoms with Gasteiger partial charge in [0.05, 0.1) is 0 Å². The molecule has 6 heteroatoms. The van der Waals surface area contributed by atoms with E-state index >= 15 is 0 Å². The molecule has 69 heavy (non-hydrogen) atoms. The summed E-state index contributed by atoms with van der Waals surface area (Å²) in [7, 11) is 0. The standard InChI is InChI=1S/C63H120O6/c1-4-7-10-13-16-19-22-25-27-28-29-30-31-32-33-34-35-37-38-41-44-47-50-53-56-62(65)68-59-60(58-67-61(64)55-52-49-46-43-40-24-21-18-15-12-9-6-3)69-63(66)57-54-51-48-45-42-39-36-26-23-20-17-14-11-8-5-2/h18,21,60H,4-17,19-20,22-59H2,1-3H3/b21-18-. The molecule has 0 aliphatic carbocycles.